The van der Waals surface area contributed by atoms with Crippen LogP contribution in [0.4, 0.5) is 10.1 Å². The molecule has 1 aromatic heterocycles. The van der Waals surface area contributed by atoms with Gasteiger partial charge in [0.15, 0.2) is 0 Å². The Kier molecular flexibility index (Phi) is 6.03. The van der Waals surface area contributed by atoms with Gasteiger partial charge in [-0.3, -0.25) is 9.59 Å². The SMILES string of the molecule is CCN(C(=O)c1cn(CC)c2cc(N3CCNCC3)c(F)cc2c1=O)C(C)C. The number of anilines is 1. The van der Waals surface area contributed by atoms with E-state index in [-0.39, 0.29) is 22.9 Å². The van der Waals surface area contributed by atoms with Gasteiger partial charge in [-0.25, -0.2) is 4.39 Å². The van der Waals surface area contributed by atoms with Crippen molar-refractivity contribution in [2.45, 2.75) is 40.3 Å². The molecule has 1 saturated heterocycles. The average Bonchev–Trinajstić information content (AvgIpc) is 2.69. The molecule has 1 fully saturated rings. The third-order valence-corrected chi connectivity index (χ3v) is 5.40. The first kappa shape index (κ1) is 20.3. The number of hydrogen-bond donors (Lipinski definition) is 1. The first-order chi connectivity index (χ1) is 13.4. The molecule has 1 aromatic carbocycles. The number of fused-ring (bicyclic) bond motifs is 1. The van der Waals surface area contributed by atoms with Crippen LogP contribution >= 0.6 is 0 Å². The number of halogens is 1. The Morgan fingerprint density at radius 1 is 1.25 bits per heavy atom. The summed E-state index contributed by atoms with van der Waals surface area (Å²) in [6, 6.07) is 3.02. The molecule has 0 bridgehead atoms. The lowest BCUT2D eigenvalue weighted by Gasteiger charge is -2.30. The third kappa shape index (κ3) is 3.63. The van der Waals surface area contributed by atoms with Crippen LogP contribution in [0.5, 0.6) is 0 Å². The van der Waals surface area contributed by atoms with Crippen molar-refractivity contribution in [3.63, 3.8) is 0 Å². The second-order valence-corrected chi connectivity index (χ2v) is 7.40. The molecule has 0 aliphatic carbocycles. The lowest BCUT2D eigenvalue weighted by molar-refractivity contribution is 0.0715. The second-order valence-electron chi connectivity index (χ2n) is 7.40. The van der Waals surface area contributed by atoms with Gasteiger partial charge in [0.2, 0.25) is 5.43 Å². The zero-order valence-corrected chi connectivity index (χ0v) is 17.1. The molecule has 2 aromatic rings. The maximum Gasteiger partial charge on any atom is 0.259 e. The minimum Gasteiger partial charge on any atom is -0.367 e. The highest BCUT2D eigenvalue weighted by Crippen LogP contribution is 2.26. The molecular formula is C21H29FN4O2. The fourth-order valence-corrected chi connectivity index (χ4v) is 3.86. The van der Waals surface area contributed by atoms with E-state index in [9.17, 15) is 14.0 Å². The van der Waals surface area contributed by atoms with E-state index < -0.39 is 11.2 Å². The van der Waals surface area contributed by atoms with Crippen molar-refractivity contribution < 1.29 is 9.18 Å². The van der Waals surface area contributed by atoms with Crippen LogP contribution in [0, 0.1) is 5.82 Å². The van der Waals surface area contributed by atoms with E-state index in [1.807, 2.05) is 37.2 Å². The Hall–Kier alpha value is -2.41. The van der Waals surface area contributed by atoms with E-state index in [4.69, 9.17) is 0 Å². The van der Waals surface area contributed by atoms with Crippen LogP contribution in [0.2, 0.25) is 0 Å². The normalized spacial score (nSPS) is 14.7. The van der Waals surface area contributed by atoms with Crippen molar-refractivity contribution >= 4 is 22.5 Å². The third-order valence-electron chi connectivity index (χ3n) is 5.40. The standard InChI is InChI=1S/C21H29FN4O2/c1-5-24-13-16(21(28)26(6-2)14(3)4)20(27)15-11-17(22)19(12-18(15)24)25-9-7-23-8-10-25/h11-14,23H,5-10H2,1-4H3. The molecule has 152 valence electrons. The predicted octanol–water partition coefficient (Wildman–Crippen LogP) is 2.44. The molecule has 0 atom stereocenters. The van der Waals surface area contributed by atoms with Gasteiger partial charge in [0.1, 0.15) is 11.4 Å². The lowest BCUT2D eigenvalue weighted by Crippen LogP contribution is -2.44. The van der Waals surface area contributed by atoms with Gasteiger partial charge in [-0.05, 0) is 39.8 Å². The summed E-state index contributed by atoms with van der Waals surface area (Å²) < 4.78 is 16.8. The van der Waals surface area contributed by atoms with Gasteiger partial charge in [0, 0.05) is 56.9 Å². The molecule has 0 spiro atoms. The Balaban J connectivity index is 2.17. The van der Waals surface area contributed by atoms with Gasteiger partial charge in [-0.1, -0.05) is 0 Å². The molecular weight excluding hydrogens is 359 g/mol. The zero-order valence-electron chi connectivity index (χ0n) is 17.1. The summed E-state index contributed by atoms with van der Waals surface area (Å²) in [7, 11) is 0. The van der Waals surface area contributed by atoms with E-state index in [1.165, 1.54) is 6.07 Å². The maximum atomic E-state index is 14.9. The number of hydrogen-bond acceptors (Lipinski definition) is 4. The Bertz CT molecular complexity index is 932. The molecule has 0 unspecified atom stereocenters. The molecule has 6 nitrogen and oxygen atoms in total. The Morgan fingerprint density at radius 2 is 1.93 bits per heavy atom. The number of carbonyl (C=O) groups excluding carboxylic acids is 1. The number of pyridine rings is 1. The van der Waals surface area contributed by atoms with Crippen molar-refractivity contribution in [3.05, 3.63) is 39.9 Å². The van der Waals surface area contributed by atoms with Gasteiger partial charge >= 0.3 is 0 Å². The van der Waals surface area contributed by atoms with Gasteiger partial charge in [0.25, 0.3) is 5.91 Å². The summed E-state index contributed by atoms with van der Waals surface area (Å²) in [6.07, 6.45) is 1.62. The van der Waals surface area contributed by atoms with Crippen LogP contribution in [0.3, 0.4) is 0 Å². The molecule has 1 N–H and O–H groups in total. The summed E-state index contributed by atoms with van der Waals surface area (Å²) >= 11 is 0. The number of nitrogens with one attached hydrogen (secondary N) is 1. The average molecular weight is 388 g/mol. The summed E-state index contributed by atoms with van der Waals surface area (Å²) in [4.78, 5) is 29.7. The summed E-state index contributed by atoms with van der Waals surface area (Å²) in [5.74, 6) is -0.729. The number of piperazine rings is 1. The van der Waals surface area contributed by atoms with E-state index in [2.05, 4.69) is 5.32 Å². The van der Waals surface area contributed by atoms with Crippen LogP contribution in [-0.2, 0) is 6.54 Å². The molecule has 7 heteroatoms. The zero-order chi connectivity index (χ0) is 20.4. The van der Waals surface area contributed by atoms with Crippen molar-refractivity contribution in [3.8, 4) is 0 Å². The molecule has 3 rings (SSSR count). The first-order valence-corrected chi connectivity index (χ1v) is 10.0. The highest BCUT2D eigenvalue weighted by Gasteiger charge is 2.24. The summed E-state index contributed by atoms with van der Waals surface area (Å²) in [5.41, 5.74) is 0.854. The highest BCUT2D eigenvalue weighted by atomic mass is 19.1. The fraction of sp³-hybridized carbons (Fsp3) is 0.524. The van der Waals surface area contributed by atoms with Crippen LogP contribution in [-0.4, -0.2) is 54.1 Å². The lowest BCUT2D eigenvalue weighted by atomic mass is 10.1. The van der Waals surface area contributed by atoms with Crippen molar-refractivity contribution in [1.29, 1.82) is 0 Å². The largest absolute Gasteiger partial charge is 0.367 e. The van der Waals surface area contributed by atoms with Gasteiger partial charge < -0.3 is 19.7 Å². The molecule has 1 aliphatic heterocycles. The number of aromatic nitrogens is 1. The summed E-state index contributed by atoms with van der Waals surface area (Å²) in [6.45, 7) is 11.8. The van der Waals surface area contributed by atoms with Crippen molar-refractivity contribution in [2.24, 2.45) is 0 Å². The molecule has 0 radical (unpaired) electrons. The fourth-order valence-electron chi connectivity index (χ4n) is 3.86. The monoisotopic (exact) mass is 388 g/mol. The van der Waals surface area contributed by atoms with E-state index in [1.54, 1.807) is 17.2 Å². The van der Waals surface area contributed by atoms with Gasteiger partial charge in [-0.15, -0.1) is 0 Å². The Morgan fingerprint density at radius 3 is 2.50 bits per heavy atom. The van der Waals surface area contributed by atoms with Crippen LogP contribution < -0.4 is 15.6 Å². The van der Waals surface area contributed by atoms with Gasteiger partial charge in [-0.2, -0.15) is 0 Å². The molecule has 2 heterocycles. The number of rotatable bonds is 5. The smallest absolute Gasteiger partial charge is 0.259 e. The maximum absolute atomic E-state index is 14.9. The molecule has 0 saturated carbocycles. The number of carbonyl (C=O) groups is 1. The number of nitrogens with zero attached hydrogens (tertiary/aromatic N) is 3. The van der Waals surface area contributed by atoms with Crippen molar-refractivity contribution in [2.75, 3.05) is 37.6 Å². The van der Waals surface area contributed by atoms with E-state index in [0.717, 1.165) is 26.2 Å². The quantitative estimate of drug-likeness (QED) is 0.855. The van der Waals surface area contributed by atoms with Crippen LogP contribution in [0.25, 0.3) is 10.9 Å². The van der Waals surface area contributed by atoms with E-state index in [0.29, 0.717) is 24.3 Å². The molecule has 1 amide bonds. The second kappa shape index (κ2) is 8.31. The van der Waals surface area contributed by atoms with Crippen LogP contribution in [0.1, 0.15) is 38.1 Å². The predicted molar refractivity (Wildman–Crippen MR) is 111 cm³/mol. The number of aryl methyl sites for hydroxylation is 1. The summed E-state index contributed by atoms with van der Waals surface area (Å²) in [5, 5.41) is 3.51. The minimum absolute atomic E-state index is 0.0190. The highest BCUT2D eigenvalue weighted by molar-refractivity contribution is 5.98. The first-order valence-electron chi connectivity index (χ1n) is 10.0. The molecule has 1 aliphatic rings. The van der Waals surface area contributed by atoms with Crippen molar-refractivity contribution in [1.82, 2.24) is 14.8 Å². The minimum atomic E-state index is -0.421. The molecule has 28 heavy (non-hydrogen) atoms. The topological polar surface area (TPSA) is 57.6 Å². The Labute approximate surface area is 164 Å². The number of benzene rings is 1. The van der Waals surface area contributed by atoms with Gasteiger partial charge in [0.05, 0.1) is 11.2 Å². The van der Waals surface area contributed by atoms with Crippen LogP contribution in [0.15, 0.2) is 23.1 Å². The number of amides is 1. The van der Waals surface area contributed by atoms with E-state index >= 15 is 0 Å².